The van der Waals surface area contributed by atoms with Gasteiger partial charge in [-0.3, -0.25) is 4.79 Å². The highest BCUT2D eigenvalue weighted by Crippen LogP contribution is 2.19. The average molecular weight is 347 g/mol. The van der Waals surface area contributed by atoms with Crippen LogP contribution >= 0.6 is 11.8 Å². The molecule has 0 fully saturated rings. The quantitative estimate of drug-likeness (QED) is 0.380. The van der Waals surface area contributed by atoms with E-state index in [-0.39, 0.29) is 11.5 Å². The molecule has 1 atom stereocenters. The van der Waals surface area contributed by atoms with E-state index in [9.17, 15) is 9.59 Å². The number of carboxylic acids is 1. The molecule has 0 aliphatic rings. The van der Waals surface area contributed by atoms with Crippen LogP contribution in [0.1, 0.15) is 20.3 Å². The smallest absolute Gasteiger partial charge is 0.326 e. The standard InChI is InChI=1S/C17H21N3O3S/c1-11(2)7-15(17(22)23)20-16(21)12(9-18)10-19-13-5-4-6-14(8-13)24-3/h4-6,8,10-11,15,19H,7H2,1-3H3,(H,20,21)(H,22,23)/b12-10-. The number of anilines is 1. The van der Waals surface area contributed by atoms with Gasteiger partial charge in [0.25, 0.3) is 5.91 Å². The fourth-order valence-electron chi connectivity index (χ4n) is 1.95. The minimum absolute atomic E-state index is 0.105. The lowest BCUT2D eigenvalue weighted by Crippen LogP contribution is -2.42. The zero-order valence-corrected chi connectivity index (χ0v) is 14.7. The first-order valence-corrected chi connectivity index (χ1v) is 8.64. The van der Waals surface area contributed by atoms with Crippen LogP contribution in [-0.4, -0.2) is 29.3 Å². The van der Waals surface area contributed by atoms with E-state index in [1.165, 1.54) is 6.20 Å². The Hall–Kier alpha value is -2.46. The first kappa shape index (κ1) is 19.6. The van der Waals surface area contributed by atoms with Crippen molar-refractivity contribution in [1.82, 2.24) is 5.32 Å². The van der Waals surface area contributed by atoms with Crippen molar-refractivity contribution in [2.24, 2.45) is 5.92 Å². The van der Waals surface area contributed by atoms with Gasteiger partial charge in [0.05, 0.1) is 0 Å². The van der Waals surface area contributed by atoms with E-state index in [2.05, 4.69) is 10.6 Å². The molecule has 1 amide bonds. The maximum atomic E-state index is 12.1. The van der Waals surface area contributed by atoms with Gasteiger partial charge in [0.2, 0.25) is 0 Å². The number of hydrogen-bond acceptors (Lipinski definition) is 5. The van der Waals surface area contributed by atoms with Crippen LogP contribution in [0, 0.1) is 17.2 Å². The number of nitrogens with zero attached hydrogens (tertiary/aromatic N) is 1. The molecule has 0 saturated heterocycles. The number of benzene rings is 1. The van der Waals surface area contributed by atoms with Crippen molar-refractivity contribution < 1.29 is 14.7 Å². The van der Waals surface area contributed by atoms with Crippen LogP contribution in [0.4, 0.5) is 5.69 Å². The summed E-state index contributed by atoms with van der Waals surface area (Å²) >= 11 is 1.58. The van der Waals surface area contributed by atoms with Gasteiger partial charge < -0.3 is 15.7 Å². The summed E-state index contributed by atoms with van der Waals surface area (Å²) in [7, 11) is 0. The normalized spacial score (nSPS) is 12.4. The van der Waals surface area contributed by atoms with Crippen LogP contribution in [0.5, 0.6) is 0 Å². The molecule has 6 nitrogen and oxygen atoms in total. The predicted octanol–water partition coefficient (Wildman–Crippen LogP) is 2.84. The molecule has 0 aliphatic heterocycles. The van der Waals surface area contributed by atoms with Gasteiger partial charge in [-0.1, -0.05) is 19.9 Å². The summed E-state index contributed by atoms with van der Waals surface area (Å²) in [6.45, 7) is 3.73. The molecule has 0 spiro atoms. The summed E-state index contributed by atoms with van der Waals surface area (Å²) in [5, 5.41) is 23.6. The molecule has 0 saturated carbocycles. The second-order valence-electron chi connectivity index (χ2n) is 5.54. The van der Waals surface area contributed by atoms with Gasteiger partial charge in [-0.05, 0) is 36.8 Å². The van der Waals surface area contributed by atoms with Gasteiger partial charge in [0.1, 0.15) is 17.7 Å². The van der Waals surface area contributed by atoms with Crippen molar-refractivity contribution >= 4 is 29.3 Å². The van der Waals surface area contributed by atoms with Crippen molar-refractivity contribution in [2.45, 2.75) is 31.2 Å². The van der Waals surface area contributed by atoms with Crippen molar-refractivity contribution in [3.8, 4) is 6.07 Å². The maximum absolute atomic E-state index is 12.1. The molecule has 0 bridgehead atoms. The molecule has 1 rings (SSSR count). The molecule has 1 unspecified atom stereocenters. The Morgan fingerprint density at radius 3 is 2.67 bits per heavy atom. The molecule has 0 aromatic heterocycles. The second-order valence-corrected chi connectivity index (χ2v) is 6.42. The third-order valence-corrected chi connectivity index (χ3v) is 3.85. The fraction of sp³-hybridized carbons (Fsp3) is 0.353. The van der Waals surface area contributed by atoms with E-state index >= 15 is 0 Å². The number of aliphatic carboxylic acids is 1. The number of nitriles is 1. The van der Waals surface area contributed by atoms with E-state index in [1.54, 1.807) is 17.8 Å². The zero-order valence-electron chi connectivity index (χ0n) is 13.9. The number of carbonyl (C=O) groups is 2. The molecule has 128 valence electrons. The molecular formula is C17H21N3O3S. The predicted molar refractivity (Wildman–Crippen MR) is 94.6 cm³/mol. The fourth-order valence-corrected chi connectivity index (χ4v) is 2.41. The van der Waals surface area contributed by atoms with Gasteiger partial charge >= 0.3 is 5.97 Å². The third-order valence-electron chi connectivity index (χ3n) is 3.13. The number of carbonyl (C=O) groups excluding carboxylic acids is 1. The lowest BCUT2D eigenvalue weighted by molar-refractivity contribution is -0.141. The maximum Gasteiger partial charge on any atom is 0.326 e. The number of rotatable bonds is 8. The summed E-state index contributed by atoms with van der Waals surface area (Å²) in [6, 6.07) is 8.26. The number of nitrogens with one attached hydrogen (secondary N) is 2. The Labute approximate surface area is 145 Å². The van der Waals surface area contributed by atoms with Gasteiger partial charge in [-0.15, -0.1) is 11.8 Å². The lowest BCUT2D eigenvalue weighted by atomic mass is 10.0. The highest BCUT2D eigenvalue weighted by Gasteiger charge is 2.22. The Morgan fingerprint density at radius 2 is 2.12 bits per heavy atom. The molecule has 0 aliphatic carbocycles. The van der Waals surface area contributed by atoms with Gasteiger partial charge in [0, 0.05) is 16.8 Å². The van der Waals surface area contributed by atoms with Crippen molar-refractivity contribution in [3.63, 3.8) is 0 Å². The number of amides is 1. The SMILES string of the molecule is CSc1cccc(N/C=C(/C#N)C(=O)NC(CC(C)C)C(=O)O)c1. The number of thioether (sulfide) groups is 1. The molecular weight excluding hydrogens is 326 g/mol. The zero-order chi connectivity index (χ0) is 18.1. The Kier molecular flexibility index (Phi) is 7.86. The Bertz CT molecular complexity index is 665. The highest BCUT2D eigenvalue weighted by molar-refractivity contribution is 7.98. The van der Waals surface area contributed by atoms with Gasteiger partial charge in [0.15, 0.2) is 0 Å². The minimum Gasteiger partial charge on any atom is -0.480 e. The van der Waals surface area contributed by atoms with Crippen molar-refractivity contribution in [3.05, 3.63) is 36.0 Å². The van der Waals surface area contributed by atoms with E-state index in [0.717, 1.165) is 10.6 Å². The average Bonchev–Trinajstić information content (AvgIpc) is 2.54. The molecule has 1 aromatic carbocycles. The van der Waals surface area contributed by atoms with E-state index in [4.69, 9.17) is 10.4 Å². The third kappa shape index (κ3) is 6.34. The molecule has 24 heavy (non-hydrogen) atoms. The summed E-state index contributed by atoms with van der Waals surface area (Å²) in [5.74, 6) is -1.72. The molecule has 0 radical (unpaired) electrons. The minimum atomic E-state index is -1.12. The summed E-state index contributed by atoms with van der Waals surface area (Å²) in [4.78, 5) is 24.3. The largest absolute Gasteiger partial charge is 0.480 e. The summed E-state index contributed by atoms with van der Waals surface area (Å²) in [5.41, 5.74) is 0.555. The van der Waals surface area contributed by atoms with Crippen LogP contribution < -0.4 is 10.6 Å². The van der Waals surface area contributed by atoms with Crippen LogP contribution in [-0.2, 0) is 9.59 Å². The second kappa shape index (κ2) is 9.63. The van der Waals surface area contributed by atoms with Gasteiger partial charge in [-0.25, -0.2) is 4.79 Å². The van der Waals surface area contributed by atoms with Crippen LogP contribution in [0.2, 0.25) is 0 Å². The first-order chi connectivity index (χ1) is 11.4. The molecule has 7 heteroatoms. The molecule has 0 heterocycles. The Balaban J connectivity index is 2.81. The topological polar surface area (TPSA) is 102 Å². The van der Waals surface area contributed by atoms with Crippen molar-refractivity contribution in [1.29, 1.82) is 5.26 Å². The number of carboxylic acid groups (broad SMARTS) is 1. The molecule has 1 aromatic rings. The van der Waals surface area contributed by atoms with Crippen molar-refractivity contribution in [2.75, 3.05) is 11.6 Å². The number of hydrogen-bond donors (Lipinski definition) is 3. The van der Waals surface area contributed by atoms with Crippen LogP contribution in [0.15, 0.2) is 40.9 Å². The Morgan fingerprint density at radius 1 is 1.42 bits per heavy atom. The monoisotopic (exact) mass is 347 g/mol. The van der Waals surface area contributed by atoms with Crippen LogP contribution in [0.3, 0.4) is 0 Å². The van der Waals surface area contributed by atoms with E-state index in [0.29, 0.717) is 6.42 Å². The van der Waals surface area contributed by atoms with Crippen LogP contribution in [0.25, 0.3) is 0 Å². The highest BCUT2D eigenvalue weighted by atomic mass is 32.2. The summed E-state index contributed by atoms with van der Waals surface area (Å²) < 4.78 is 0. The molecule has 3 N–H and O–H groups in total. The van der Waals surface area contributed by atoms with E-state index < -0.39 is 17.9 Å². The van der Waals surface area contributed by atoms with Gasteiger partial charge in [-0.2, -0.15) is 5.26 Å². The summed E-state index contributed by atoms with van der Waals surface area (Å²) in [6.07, 6.45) is 3.52. The first-order valence-electron chi connectivity index (χ1n) is 7.42. The van der Waals surface area contributed by atoms with E-state index in [1.807, 2.05) is 44.4 Å². The lowest BCUT2D eigenvalue weighted by Gasteiger charge is -2.16.